The molecule has 1 aromatic carbocycles. The van der Waals surface area contributed by atoms with Crippen molar-refractivity contribution in [3.63, 3.8) is 0 Å². The minimum absolute atomic E-state index is 0.00147. The van der Waals surface area contributed by atoms with Crippen LogP contribution in [0.5, 0.6) is 5.75 Å². The Morgan fingerprint density at radius 2 is 1.83 bits per heavy atom. The average Bonchev–Trinajstić information content (AvgIpc) is 2.61. The molecule has 0 saturated heterocycles. The second-order valence-corrected chi connectivity index (χ2v) is 5.91. The van der Waals surface area contributed by atoms with Crippen molar-refractivity contribution in [3.8, 4) is 5.75 Å². The Bertz CT molecular complexity index is 536. The zero-order valence-corrected chi connectivity index (χ0v) is 14.1. The van der Waals surface area contributed by atoms with E-state index < -0.39 is 0 Å². The van der Waals surface area contributed by atoms with Gasteiger partial charge in [-0.15, -0.1) is 0 Å². The Balaban J connectivity index is 1.80. The van der Waals surface area contributed by atoms with Crippen molar-refractivity contribution in [2.75, 3.05) is 19.7 Å². The summed E-state index contributed by atoms with van der Waals surface area (Å²) in [5, 5.41) is 2.73. The molecule has 6 heteroatoms. The lowest BCUT2D eigenvalue weighted by molar-refractivity contribution is -0.149. The fraction of sp³-hybridized carbons (Fsp3) is 0.556. The van der Waals surface area contributed by atoms with Gasteiger partial charge in [0.1, 0.15) is 5.75 Å². The van der Waals surface area contributed by atoms with Gasteiger partial charge in [0.2, 0.25) is 0 Å². The van der Waals surface area contributed by atoms with Crippen molar-refractivity contribution in [2.45, 2.75) is 38.7 Å². The van der Waals surface area contributed by atoms with Crippen LogP contribution in [-0.2, 0) is 9.53 Å². The monoisotopic (exact) mass is 334 g/mol. The number of hydrogen-bond donors (Lipinski definition) is 2. The first-order valence-electron chi connectivity index (χ1n) is 8.55. The van der Waals surface area contributed by atoms with Crippen molar-refractivity contribution in [2.24, 2.45) is 11.7 Å². The first-order valence-corrected chi connectivity index (χ1v) is 8.55. The predicted molar refractivity (Wildman–Crippen MR) is 90.8 cm³/mol. The van der Waals surface area contributed by atoms with Crippen LogP contribution in [0.2, 0.25) is 0 Å². The summed E-state index contributed by atoms with van der Waals surface area (Å²) in [5.41, 5.74) is 5.95. The molecule has 1 fully saturated rings. The summed E-state index contributed by atoms with van der Waals surface area (Å²) in [6.07, 6.45) is 3.36. The molecule has 0 atom stereocenters. The Morgan fingerprint density at radius 1 is 1.17 bits per heavy atom. The number of ether oxygens (including phenoxy) is 2. The van der Waals surface area contributed by atoms with Gasteiger partial charge in [-0.1, -0.05) is 0 Å². The lowest BCUT2D eigenvalue weighted by atomic mass is 9.87. The molecule has 1 aromatic rings. The summed E-state index contributed by atoms with van der Waals surface area (Å²) in [5.74, 6) is 0.508. The zero-order valence-electron chi connectivity index (χ0n) is 14.1. The number of amides is 1. The summed E-state index contributed by atoms with van der Waals surface area (Å²) in [6, 6.07) is 7.08. The number of carbonyl (C=O) groups excluding carboxylic acids is 2. The molecule has 3 N–H and O–H groups in total. The first kappa shape index (κ1) is 18.3. The Hall–Kier alpha value is -2.08. The number of nitrogens with one attached hydrogen (secondary N) is 1. The molecule has 0 heterocycles. The number of carbonyl (C=O) groups is 2. The third kappa shape index (κ3) is 5.23. The van der Waals surface area contributed by atoms with E-state index >= 15 is 0 Å². The SMILES string of the molecule is CCOC(=O)[C@H]1CC[C@@H](Oc2ccc(C(=O)NCCN)cc2)CC1. The highest BCUT2D eigenvalue weighted by molar-refractivity contribution is 5.94. The molecular weight excluding hydrogens is 308 g/mol. The van der Waals surface area contributed by atoms with Gasteiger partial charge in [0.05, 0.1) is 18.6 Å². The lowest BCUT2D eigenvalue weighted by Crippen LogP contribution is -2.29. The highest BCUT2D eigenvalue weighted by Gasteiger charge is 2.28. The molecule has 0 aromatic heterocycles. The van der Waals surface area contributed by atoms with Gasteiger partial charge in [0, 0.05) is 18.7 Å². The largest absolute Gasteiger partial charge is 0.490 e. The minimum atomic E-state index is -0.137. The fourth-order valence-electron chi connectivity index (χ4n) is 2.84. The third-order valence-corrected chi connectivity index (χ3v) is 4.14. The van der Waals surface area contributed by atoms with E-state index in [9.17, 15) is 9.59 Å². The smallest absolute Gasteiger partial charge is 0.308 e. The summed E-state index contributed by atoms with van der Waals surface area (Å²) >= 11 is 0. The summed E-state index contributed by atoms with van der Waals surface area (Å²) in [4.78, 5) is 23.5. The van der Waals surface area contributed by atoms with Crippen LogP contribution in [0, 0.1) is 5.92 Å². The van der Waals surface area contributed by atoms with Crippen LogP contribution in [0.15, 0.2) is 24.3 Å². The van der Waals surface area contributed by atoms with E-state index in [1.165, 1.54) is 0 Å². The maximum absolute atomic E-state index is 11.8. The van der Waals surface area contributed by atoms with Gasteiger partial charge in [0.25, 0.3) is 5.91 Å². The van der Waals surface area contributed by atoms with Crippen LogP contribution in [0.1, 0.15) is 43.0 Å². The number of hydrogen-bond acceptors (Lipinski definition) is 5. The molecule has 1 aliphatic carbocycles. The molecule has 0 bridgehead atoms. The van der Waals surface area contributed by atoms with Crippen LogP contribution in [0.25, 0.3) is 0 Å². The Kier molecular flexibility index (Phi) is 7.06. The van der Waals surface area contributed by atoms with Gasteiger partial charge in [-0.3, -0.25) is 9.59 Å². The molecule has 24 heavy (non-hydrogen) atoms. The maximum Gasteiger partial charge on any atom is 0.308 e. The molecule has 1 saturated carbocycles. The van der Waals surface area contributed by atoms with Crippen LogP contribution >= 0.6 is 0 Å². The highest BCUT2D eigenvalue weighted by atomic mass is 16.5. The van der Waals surface area contributed by atoms with E-state index in [0.29, 0.717) is 25.3 Å². The maximum atomic E-state index is 11.8. The predicted octanol–water partition coefficient (Wildman–Crippen LogP) is 1.88. The normalized spacial score (nSPS) is 20.2. The first-order chi connectivity index (χ1) is 11.6. The molecule has 6 nitrogen and oxygen atoms in total. The quantitative estimate of drug-likeness (QED) is 0.743. The fourth-order valence-corrected chi connectivity index (χ4v) is 2.84. The van der Waals surface area contributed by atoms with Crippen LogP contribution < -0.4 is 15.8 Å². The van der Waals surface area contributed by atoms with Crippen molar-refractivity contribution in [1.82, 2.24) is 5.32 Å². The van der Waals surface area contributed by atoms with Gasteiger partial charge >= 0.3 is 5.97 Å². The van der Waals surface area contributed by atoms with Crippen molar-refractivity contribution in [3.05, 3.63) is 29.8 Å². The van der Waals surface area contributed by atoms with E-state index in [-0.39, 0.29) is 23.9 Å². The van der Waals surface area contributed by atoms with E-state index in [1.807, 2.05) is 6.92 Å². The van der Waals surface area contributed by atoms with E-state index in [4.69, 9.17) is 15.2 Å². The number of benzene rings is 1. The second kappa shape index (κ2) is 9.27. The van der Waals surface area contributed by atoms with E-state index in [1.54, 1.807) is 24.3 Å². The lowest BCUT2D eigenvalue weighted by Gasteiger charge is -2.27. The van der Waals surface area contributed by atoms with Crippen LogP contribution in [-0.4, -0.2) is 37.7 Å². The third-order valence-electron chi connectivity index (χ3n) is 4.14. The second-order valence-electron chi connectivity index (χ2n) is 5.91. The van der Waals surface area contributed by atoms with Crippen molar-refractivity contribution < 1.29 is 19.1 Å². The summed E-state index contributed by atoms with van der Waals surface area (Å²) < 4.78 is 11.0. The van der Waals surface area contributed by atoms with Crippen LogP contribution in [0.3, 0.4) is 0 Å². The molecule has 0 aliphatic heterocycles. The standard InChI is InChI=1S/C18H26N2O4/c1-2-23-18(22)14-5-9-16(10-6-14)24-15-7-3-13(4-8-15)17(21)20-12-11-19/h3-4,7-8,14,16H,2,5-6,9-12,19H2,1H3,(H,20,21)/t14-,16+. The van der Waals surface area contributed by atoms with E-state index in [2.05, 4.69) is 5.32 Å². The topological polar surface area (TPSA) is 90.6 Å². The molecule has 0 spiro atoms. The van der Waals surface area contributed by atoms with Gasteiger partial charge < -0.3 is 20.5 Å². The molecule has 1 aliphatic rings. The number of esters is 1. The molecule has 132 valence electrons. The number of rotatable bonds is 7. The zero-order chi connectivity index (χ0) is 17.4. The molecule has 0 radical (unpaired) electrons. The molecule has 1 amide bonds. The minimum Gasteiger partial charge on any atom is -0.490 e. The van der Waals surface area contributed by atoms with Gasteiger partial charge in [-0.2, -0.15) is 0 Å². The van der Waals surface area contributed by atoms with Gasteiger partial charge in [-0.25, -0.2) is 0 Å². The average molecular weight is 334 g/mol. The van der Waals surface area contributed by atoms with Crippen molar-refractivity contribution in [1.29, 1.82) is 0 Å². The summed E-state index contributed by atoms with van der Waals surface area (Å²) in [6.45, 7) is 3.13. The van der Waals surface area contributed by atoms with Gasteiger partial charge in [-0.05, 0) is 56.9 Å². The molecule has 0 unspecified atom stereocenters. The Labute approximate surface area is 142 Å². The highest BCUT2D eigenvalue weighted by Crippen LogP contribution is 2.28. The van der Waals surface area contributed by atoms with E-state index in [0.717, 1.165) is 31.4 Å². The Morgan fingerprint density at radius 3 is 2.42 bits per heavy atom. The number of nitrogens with two attached hydrogens (primary N) is 1. The molecular formula is C18H26N2O4. The van der Waals surface area contributed by atoms with Gasteiger partial charge in [0.15, 0.2) is 0 Å². The van der Waals surface area contributed by atoms with Crippen LogP contribution in [0.4, 0.5) is 0 Å². The summed E-state index contributed by atoms with van der Waals surface area (Å²) in [7, 11) is 0. The van der Waals surface area contributed by atoms with Crippen molar-refractivity contribution >= 4 is 11.9 Å². The molecule has 2 rings (SSSR count).